The molecule has 0 radical (unpaired) electrons. The van der Waals surface area contributed by atoms with E-state index in [1.165, 1.54) is 0 Å². The summed E-state index contributed by atoms with van der Waals surface area (Å²) in [5, 5.41) is 9.39. The van der Waals surface area contributed by atoms with Gasteiger partial charge in [0.25, 0.3) is 0 Å². The summed E-state index contributed by atoms with van der Waals surface area (Å²) in [5.74, 6) is 0.633. The van der Waals surface area contributed by atoms with Gasteiger partial charge in [-0.25, -0.2) is 0 Å². The first-order valence-electron chi connectivity index (χ1n) is 7.32. The number of ether oxygens (including phenoxy) is 2. The van der Waals surface area contributed by atoms with E-state index in [0.717, 1.165) is 5.46 Å². The molecule has 1 heterocycles. The Morgan fingerprint density at radius 3 is 2.32 bits per heavy atom. The molecule has 1 aliphatic rings. The minimum absolute atomic E-state index is 0.433. The van der Waals surface area contributed by atoms with Crippen LogP contribution < -0.4 is 10.2 Å². The van der Waals surface area contributed by atoms with Crippen LogP contribution in [0.4, 0.5) is 0 Å². The molecule has 1 aromatic rings. The molecule has 0 spiro atoms. The Kier molecular flexibility index (Phi) is 4.81. The van der Waals surface area contributed by atoms with Crippen LogP contribution in [0.1, 0.15) is 33.3 Å². The molecular weight excluding hydrogens is 281 g/mol. The van der Waals surface area contributed by atoms with Crippen LogP contribution in [0.15, 0.2) is 18.2 Å². The van der Waals surface area contributed by atoms with Gasteiger partial charge in [0.2, 0.25) is 0 Å². The molecule has 0 atom stereocenters. The van der Waals surface area contributed by atoms with Crippen molar-refractivity contribution in [3.8, 4) is 11.8 Å². The zero-order valence-electron chi connectivity index (χ0n) is 13.8. The molecule has 1 aliphatic heterocycles. The van der Waals surface area contributed by atoms with E-state index < -0.39 is 18.3 Å². The minimum atomic E-state index is -0.548. The van der Waals surface area contributed by atoms with Gasteiger partial charge >= 0.3 is 7.12 Å². The highest BCUT2D eigenvalue weighted by Gasteiger charge is 2.52. The SMILES string of the molecule is COCCOc1ccc(B2OC(C)(C)C(C)(C)O2)c(C#N)c1. The number of nitrogens with zero attached hydrogens (tertiary/aromatic N) is 1. The first-order chi connectivity index (χ1) is 10.3. The third-order valence-electron chi connectivity index (χ3n) is 4.21. The number of methoxy groups -OCH3 is 1. The summed E-state index contributed by atoms with van der Waals surface area (Å²) in [7, 11) is 1.07. The largest absolute Gasteiger partial charge is 0.496 e. The fourth-order valence-corrected chi connectivity index (χ4v) is 2.14. The smallest absolute Gasteiger partial charge is 0.491 e. The fourth-order valence-electron chi connectivity index (χ4n) is 2.14. The zero-order chi connectivity index (χ0) is 16.4. The van der Waals surface area contributed by atoms with Crippen LogP contribution in [0, 0.1) is 11.3 Å². The molecule has 5 nitrogen and oxygen atoms in total. The summed E-state index contributed by atoms with van der Waals surface area (Å²) in [6.07, 6.45) is 0. The fraction of sp³-hybridized carbons (Fsp3) is 0.562. The molecule has 2 rings (SSSR count). The number of nitriles is 1. The van der Waals surface area contributed by atoms with Gasteiger partial charge in [0, 0.05) is 12.6 Å². The monoisotopic (exact) mass is 303 g/mol. The van der Waals surface area contributed by atoms with E-state index in [0.29, 0.717) is 24.5 Å². The van der Waals surface area contributed by atoms with Crippen molar-refractivity contribution in [3.05, 3.63) is 23.8 Å². The Bertz CT molecular complexity index is 564. The van der Waals surface area contributed by atoms with Crippen LogP contribution in [0.25, 0.3) is 0 Å². The molecule has 1 fully saturated rings. The van der Waals surface area contributed by atoms with E-state index in [2.05, 4.69) is 6.07 Å². The van der Waals surface area contributed by atoms with E-state index in [4.69, 9.17) is 18.8 Å². The highest BCUT2D eigenvalue weighted by molar-refractivity contribution is 6.62. The molecule has 0 N–H and O–H groups in total. The Morgan fingerprint density at radius 1 is 1.14 bits per heavy atom. The van der Waals surface area contributed by atoms with Crippen molar-refractivity contribution >= 4 is 12.6 Å². The summed E-state index contributed by atoms with van der Waals surface area (Å²) in [6, 6.07) is 7.53. The Labute approximate surface area is 132 Å². The van der Waals surface area contributed by atoms with Crippen molar-refractivity contribution in [2.75, 3.05) is 20.3 Å². The van der Waals surface area contributed by atoms with E-state index in [1.54, 1.807) is 13.2 Å². The van der Waals surface area contributed by atoms with Gasteiger partial charge in [-0.05, 0) is 39.8 Å². The molecule has 118 valence electrons. The lowest BCUT2D eigenvalue weighted by atomic mass is 9.76. The van der Waals surface area contributed by atoms with Crippen molar-refractivity contribution < 1.29 is 18.8 Å². The van der Waals surface area contributed by atoms with Crippen molar-refractivity contribution in [3.63, 3.8) is 0 Å². The molecule has 0 amide bonds. The van der Waals surface area contributed by atoms with Crippen molar-refractivity contribution in [2.45, 2.75) is 38.9 Å². The maximum absolute atomic E-state index is 9.39. The van der Waals surface area contributed by atoms with Crippen LogP contribution in [-0.2, 0) is 14.0 Å². The molecule has 0 aromatic heterocycles. The van der Waals surface area contributed by atoms with E-state index in [-0.39, 0.29) is 0 Å². The molecule has 0 saturated carbocycles. The van der Waals surface area contributed by atoms with Crippen LogP contribution in [0.5, 0.6) is 5.75 Å². The second-order valence-electron chi connectivity index (χ2n) is 6.29. The van der Waals surface area contributed by atoms with Gasteiger partial charge in [-0.3, -0.25) is 0 Å². The Hall–Kier alpha value is -1.55. The number of benzene rings is 1. The molecule has 22 heavy (non-hydrogen) atoms. The Balaban J connectivity index is 2.21. The highest BCUT2D eigenvalue weighted by atomic mass is 16.7. The zero-order valence-corrected chi connectivity index (χ0v) is 13.8. The molecule has 0 bridgehead atoms. The van der Waals surface area contributed by atoms with Gasteiger partial charge in [-0.1, -0.05) is 6.07 Å². The summed E-state index contributed by atoms with van der Waals surface area (Å²) in [6.45, 7) is 8.89. The van der Waals surface area contributed by atoms with Crippen LogP contribution in [0.3, 0.4) is 0 Å². The van der Waals surface area contributed by atoms with E-state index in [9.17, 15) is 5.26 Å². The second kappa shape index (κ2) is 6.29. The topological polar surface area (TPSA) is 60.7 Å². The number of rotatable bonds is 5. The van der Waals surface area contributed by atoms with E-state index >= 15 is 0 Å². The van der Waals surface area contributed by atoms with Crippen LogP contribution in [-0.4, -0.2) is 38.6 Å². The third-order valence-corrected chi connectivity index (χ3v) is 4.21. The van der Waals surface area contributed by atoms with E-state index in [1.807, 2.05) is 39.8 Å². The molecule has 6 heteroatoms. The first-order valence-corrected chi connectivity index (χ1v) is 7.32. The lowest BCUT2D eigenvalue weighted by Crippen LogP contribution is -2.41. The molecule has 1 aromatic carbocycles. The van der Waals surface area contributed by atoms with Gasteiger partial charge in [-0.15, -0.1) is 0 Å². The van der Waals surface area contributed by atoms with Gasteiger partial charge in [0.15, 0.2) is 0 Å². The van der Waals surface area contributed by atoms with Crippen LogP contribution in [0.2, 0.25) is 0 Å². The number of hydrogen-bond acceptors (Lipinski definition) is 5. The van der Waals surface area contributed by atoms with Gasteiger partial charge in [0.1, 0.15) is 12.4 Å². The predicted octanol–water partition coefficient (Wildman–Crippen LogP) is 1.88. The molecule has 1 saturated heterocycles. The van der Waals surface area contributed by atoms with Crippen molar-refractivity contribution in [1.82, 2.24) is 0 Å². The third kappa shape index (κ3) is 3.27. The number of hydrogen-bond donors (Lipinski definition) is 0. The second-order valence-corrected chi connectivity index (χ2v) is 6.29. The maximum Gasteiger partial charge on any atom is 0.496 e. The van der Waals surface area contributed by atoms with Gasteiger partial charge in [-0.2, -0.15) is 5.26 Å². The van der Waals surface area contributed by atoms with Crippen molar-refractivity contribution in [1.29, 1.82) is 5.26 Å². The van der Waals surface area contributed by atoms with Gasteiger partial charge < -0.3 is 18.8 Å². The lowest BCUT2D eigenvalue weighted by molar-refractivity contribution is 0.00578. The Morgan fingerprint density at radius 2 is 1.77 bits per heavy atom. The molecular formula is C16H22BNO4. The normalized spacial score (nSPS) is 19.0. The predicted molar refractivity (Wildman–Crippen MR) is 84.2 cm³/mol. The standard InChI is InChI=1S/C16H22BNO4/c1-15(2)16(3,4)22-17(21-15)14-7-6-13(10-12(14)11-18)20-9-8-19-5/h6-7,10H,8-9H2,1-5H3. The first kappa shape index (κ1) is 16.8. The van der Waals surface area contributed by atoms with Gasteiger partial charge in [0.05, 0.1) is 29.4 Å². The quantitative estimate of drug-likeness (QED) is 0.614. The van der Waals surface area contributed by atoms with Crippen molar-refractivity contribution in [2.24, 2.45) is 0 Å². The summed E-state index contributed by atoms with van der Waals surface area (Å²) in [4.78, 5) is 0. The maximum atomic E-state index is 9.39. The molecule has 0 aliphatic carbocycles. The average Bonchev–Trinajstić information content (AvgIpc) is 2.67. The highest BCUT2D eigenvalue weighted by Crippen LogP contribution is 2.36. The molecule has 0 unspecified atom stereocenters. The summed E-state index contributed by atoms with van der Waals surface area (Å²) >= 11 is 0. The average molecular weight is 303 g/mol. The minimum Gasteiger partial charge on any atom is -0.491 e. The summed E-state index contributed by atoms with van der Waals surface area (Å²) < 4.78 is 22.5. The van der Waals surface area contributed by atoms with Crippen LogP contribution >= 0.6 is 0 Å². The lowest BCUT2D eigenvalue weighted by Gasteiger charge is -2.32. The summed E-state index contributed by atoms with van der Waals surface area (Å²) in [5.41, 5.74) is 0.351.